The maximum Gasteiger partial charge on any atom is 0.411 e. The summed E-state index contributed by atoms with van der Waals surface area (Å²) in [6.07, 6.45) is -0.481. The third kappa shape index (κ3) is 6.88. The zero-order chi connectivity index (χ0) is 26.9. The summed E-state index contributed by atoms with van der Waals surface area (Å²) in [4.78, 5) is 32.8. The van der Waals surface area contributed by atoms with E-state index in [9.17, 15) is 22.8 Å². The predicted octanol–water partition coefficient (Wildman–Crippen LogP) is 3.76. The van der Waals surface area contributed by atoms with E-state index in [-0.39, 0.29) is 13.1 Å². The Bertz CT molecular complexity index is 1100. The van der Waals surface area contributed by atoms with E-state index in [1.54, 1.807) is 50.0 Å². The van der Waals surface area contributed by atoms with Crippen LogP contribution in [0.15, 0.2) is 30.7 Å². The lowest BCUT2D eigenvalue weighted by atomic mass is 9.95. The van der Waals surface area contributed by atoms with Crippen LogP contribution in [-0.4, -0.2) is 80.6 Å². The molecule has 0 aliphatic carbocycles. The van der Waals surface area contributed by atoms with Crippen molar-refractivity contribution in [3.8, 4) is 5.69 Å². The van der Waals surface area contributed by atoms with Crippen LogP contribution in [0.25, 0.3) is 5.69 Å². The van der Waals surface area contributed by atoms with Crippen LogP contribution in [-0.2, 0) is 15.1 Å². The highest BCUT2D eigenvalue weighted by molar-refractivity contribution is 6.30. The summed E-state index contributed by atoms with van der Waals surface area (Å²) in [5, 5.41) is 6.99. The number of piperazine rings is 1. The van der Waals surface area contributed by atoms with Crippen LogP contribution in [0.5, 0.6) is 0 Å². The van der Waals surface area contributed by atoms with Gasteiger partial charge in [-0.1, -0.05) is 11.6 Å². The highest BCUT2D eigenvalue weighted by atomic mass is 35.5. The Labute approximate surface area is 212 Å². The zero-order valence-corrected chi connectivity index (χ0v) is 21.5. The van der Waals surface area contributed by atoms with E-state index >= 15 is 0 Å². The van der Waals surface area contributed by atoms with Gasteiger partial charge >= 0.3 is 12.3 Å². The Balaban J connectivity index is 1.84. The number of hydrogen-bond acceptors (Lipinski definition) is 6. The fourth-order valence-corrected chi connectivity index (χ4v) is 4.01. The number of amides is 2. The second-order valence-corrected chi connectivity index (χ2v) is 10.5. The number of ether oxygens (including phenoxy) is 1. The van der Waals surface area contributed by atoms with Crippen LogP contribution in [0.1, 0.15) is 40.3 Å². The molecule has 9 nitrogen and oxygen atoms in total. The van der Waals surface area contributed by atoms with Crippen molar-refractivity contribution in [3.05, 3.63) is 41.4 Å². The normalized spacial score (nSPS) is 17.7. The summed E-state index contributed by atoms with van der Waals surface area (Å²) >= 11 is 6.03. The van der Waals surface area contributed by atoms with Crippen LogP contribution in [0.4, 0.5) is 18.0 Å². The minimum Gasteiger partial charge on any atom is -0.444 e. The van der Waals surface area contributed by atoms with E-state index in [0.29, 0.717) is 22.9 Å². The molecule has 3 heterocycles. The molecule has 2 aromatic heterocycles. The van der Waals surface area contributed by atoms with Gasteiger partial charge in [0.05, 0.1) is 28.1 Å². The number of hydrogen-bond donors (Lipinski definition) is 1. The molecule has 1 aliphatic rings. The van der Waals surface area contributed by atoms with Crippen LogP contribution in [0.2, 0.25) is 5.02 Å². The molecule has 1 aliphatic heterocycles. The summed E-state index contributed by atoms with van der Waals surface area (Å²) in [7, 11) is 0. The van der Waals surface area contributed by atoms with Gasteiger partial charge in [-0.05, 0) is 46.8 Å². The molecular weight excluding hydrogens is 501 g/mol. The van der Waals surface area contributed by atoms with Crippen molar-refractivity contribution in [1.82, 2.24) is 29.9 Å². The van der Waals surface area contributed by atoms with E-state index < -0.39 is 41.9 Å². The number of carbonyl (C=O) groups excluding carboxylic acids is 2. The largest absolute Gasteiger partial charge is 0.444 e. The average molecular weight is 531 g/mol. The molecule has 0 unspecified atom stereocenters. The minimum absolute atomic E-state index is 0.0124. The lowest BCUT2D eigenvalue weighted by Crippen LogP contribution is -2.64. The highest BCUT2D eigenvalue weighted by Gasteiger charge is 2.43. The maximum atomic E-state index is 12.8. The second kappa shape index (κ2) is 10.3. The molecule has 1 fully saturated rings. The lowest BCUT2D eigenvalue weighted by molar-refractivity contribution is -0.143. The van der Waals surface area contributed by atoms with Gasteiger partial charge in [0.15, 0.2) is 0 Å². The third-order valence-corrected chi connectivity index (χ3v) is 5.94. The molecule has 13 heteroatoms. The van der Waals surface area contributed by atoms with Gasteiger partial charge in [-0.15, -0.1) is 0 Å². The fraction of sp³-hybridized carbons (Fsp3) is 0.565. The van der Waals surface area contributed by atoms with Crippen LogP contribution in [0, 0.1) is 0 Å². The van der Waals surface area contributed by atoms with Crippen molar-refractivity contribution in [2.24, 2.45) is 0 Å². The molecule has 1 N–H and O–H groups in total. The van der Waals surface area contributed by atoms with Crippen LogP contribution >= 0.6 is 11.6 Å². The Kier molecular flexibility index (Phi) is 7.89. The molecule has 2 aromatic rings. The predicted molar refractivity (Wildman–Crippen MR) is 127 cm³/mol. The maximum absolute atomic E-state index is 12.8. The first-order valence-electron chi connectivity index (χ1n) is 11.3. The smallest absolute Gasteiger partial charge is 0.411 e. The quantitative estimate of drug-likeness (QED) is 0.633. The Morgan fingerprint density at radius 2 is 1.86 bits per heavy atom. The van der Waals surface area contributed by atoms with Crippen LogP contribution in [0.3, 0.4) is 0 Å². The topological polar surface area (TPSA) is 92.6 Å². The monoisotopic (exact) mass is 530 g/mol. The van der Waals surface area contributed by atoms with Gasteiger partial charge in [-0.25, -0.2) is 9.48 Å². The first-order chi connectivity index (χ1) is 16.6. The molecular formula is C23H30ClF3N6O3. The van der Waals surface area contributed by atoms with E-state index in [1.807, 2.05) is 24.1 Å². The summed E-state index contributed by atoms with van der Waals surface area (Å²) in [5.74, 6) is -0.908. The van der Waals surface area contributed by atoms with Crippen molar-refractivity contribution in [2.45, 2.75) is 58.0 Å². The van der Waals surface area contributed by atoms with Crippen molar-refractivity contribution < 1.29 is 27.5 Å². The number of rotatable bonds is 5. The average Bonchev–Trinajstić information content (AvgIpc) is 3.26. The first kappa shape index (κ1) is 27.7. The highest BCUT2D eigenvalue weighted by Crippen LogP contribution is 2.30. The number of aromatic nitrogens is 3. The van der Waals surface area contributed by atoms with Crippen molar-refractivity contribution >= 4 is 23.6 Å². The molecule has 0 bridgehead atoms. The molecule has 0 saturated carbocycles. The van der Waals surface area contributed by atoms with Gasteiger partial charge in [0.25, 0.3) is 0 Å². The molecule has 3 rings (SSSR count). The first-order valence-corrected chi connectivity index (χ1v) is 11.7. The van der Waals surface area contributed by atoms with Gasteiger partial charge in [0.1, 0.15) is 18.2 Å². The summed E-state index contributed by atoms with van der Waals surface area (Å²) in [6.45, 7) is 7.74. The molecule has 1 saturated heterocycles. The third-order valence-electron chi connectivity index (χ3n) is 5.74. The Morgan fingerprint density at radius 3 is 2.47 bits per heavy atom. The van der Waals surface area contributed by atoms with Gasteiger partial charge in [-0.2, -0.15) is 18.3 Å². The SMILES string of the molecule is CC(C)(C)OC(=O)N1CCN(C(C)(C)c2ccn(-c3cncc(Cl)c3)n2)C[C@H]1C(=O)NCC(F)(F)F. The Morgan fingerprint density at radius 1 is 1.17 bits per heavy atom. The Hall–Kier alpha value is -2.86. The molecule has 2 amide bonds. The van der Waals surface area contributed by atoms with E-state index in [1.165, 1.54) is 11.1 Å². The van der Waals surface area contributed by atoms with Crippen molar-refractivity contribution in [1.29, 1.82) is 0 Å². The lowest BCUT2D eigenvalue weighted by Gasteiger charge is -2.46. The zero-order valence-electron chi connectivity index (χ0n) is 20.8. The second-order valence-electron chi connectivity index (χ2n) is 10.0. The summed E-state index contributed by atoms with van der Waals surface area (Å²) in [6, 6.07) is 2.33. The number of carbonyl (C=O) groups is 2. The van der Waals surface area contributed by atoms with Gasteiger partial charge in [-0.3, -0.25) is 19.6 Å². The molecule has 36 heavy (non-hydrogen) atoms. The summed E-state index contributed by atoms with van der Waals surface area (Å²) < 4.78 is 45.3. The number of pyridine rings is 1. The minimum atomic E-state index is -4.58. The van der Waals surface area contributed by atoms with Gasteiger partial charge < -0.3 is 10.1 Å². The fourth-order valence-electron chi connectivity index (χ4n) is 3.84. The standard InChI is InChI=1S/C23H30ClF3N6O3/c1-21(2,3)36-20(35)32-9-8-31(13-17(32)19(34)29-14-23(25,26)27)22(4,5)18-6-7-33(30-18)16-10-15(24)11-28-12-16/h6-7,10-12,17H,8-9,13-14H2,1-5H3,(H,29,34)/t17-/m0/s1. The molecule has 1 atom stereocenters. The van der Waals surface area contributed by atoms with E-state index in [2.05, 4.69) is 10.1 Å². The molecule has 0 radical (unpaired) electrons. The number of nitrogens with one attached hydrogen (secondary N) is 1. The molecule has 198 valence electrons. The van der Waals surface area contributed by atoms with Gasteiger partial charge in [0.2, 0.25) is 5.91 Å². The van der Waals surface area contributed by atoms with Crippen molar-refractivity contribution in [2.75, 3.05) is 26.2 Å². The summed E-state index contributed by atoms with van der Waals surface area (Å²) in [5.41, 5.74) is -0.242. The number of nitrogens with zero attached hydrogens (tertiary/aromatic N) is 5. The van der Waals surface area contributed by atoms with Crippen molar-refractivity contribution in [3.63, 3.8) is 0 Å². The van der Waals surface area contributed by atoms with Crippen LogP contribution < -0.4 is 5.32 Å². The number of halogens is 4. The molecule has 0 spiro atoms. The molecule has 0 aromatic carbocycles. The number of alkyl halides is 3. The van der Waals surface area contributed by atoms with E-state index in [4.69, 9.17) is 16.3 Å². The van der Waals surface area contributed by atoms with E-state index in [0.717, 1.165) is 0 Å². The van der Waals surface area contributed by atoms with Gasteiger partial charge in [0, 0.05) is 32.0 Å².